The molecule has 0 fully saturated rings. The Hall–Kier alpha value is -1.85. The molecule has 2 aromatic rings. The third-order valence-electron chi connectivity index (χ3n) is 4.31. The molecular formula is C22H33IN4O3S. The van der Waals surface area contributed by atoms with Crippen LogP contribution in [0.1, 0.15) is 30.5 Å². The van der Waals surface area contributed by atoms with Gasteiger partial charge >= 0.3 is 0 Å². The Morgan fingerprint density at radius 1 is 1.10 bits per heavy atom. The summed E-state index contributed by atoms with van der Waals surface area (Å²) in [7, 11) is -1.88. The van der Waals surface area contributed by atoms with Crippen LogP contribution in [0.3, 0.4) is 0 Å². The highest BCUT2D eigenvalue weighted by atomic mass is 127. The average Bonchev–Trinajstić information content (AvgIpc) is 2.70. The van der Waals surface area contributed by atoms with Gasteiger partial charge in [0.25, 0.3) is 0 Å². The number of hydrogen-bond donors (Lipinski definition) is 3. The molecule has 0 bridgehead atoms. The lowest BCUT2D eigenvalue weighted by Crippen LogP contribution is -2.41. The van der Waals surface area contributed by atoms with Crippen LogP contribution in [0.15, 0.2) is 53.5 Å². The molecule has 2 aromatic carbocycles. The fourth-order valence-electron chi connectivity index (χ4n) is 2.82. The molecule has 0 aliphatic carbocycles. The third-order valence-corrected chi connectivity index (χ3v) is 5.64. The second kappa shape index (κ2) is 13.5. The zero-order chi connectivity index (χ0) is 22.0. The first-order valence-corrected chi connectivity index (χ1v) is 11.7. The first-order valence-electron chi connectivity index (χ1n) is 10.1. The molecule has 9 heteroatoms. The van der Waals surface area contributed by atoms with Crippen LogP contribution in [0.5, 0.6) is 5.75 Å². The minimum Gasteiger partial charge on any atom is -0.489 e. The Morgan fingerprint density at radius 3 is 2.48 bits per heavy atom. The van der Waals surface area contributed by atoms with E-state index in [1.54, 1.807) is 6.07 Å². The molecule has 0 saturated carbocycles. The second-order valence-electron chi connectivity index (χ2n) is 7.10. The van der Waals surface area contributed by atoms with Crippen LogP contribution in [-0.4, -0.2) is 40.6 Å². The van der Waals surface area contributed by atoms with Gasteiger partial charge in [0.1, 0.15) is 11.9 Å². The van der Waals surface area contributed by atoms with Gasteiger partial charge in [-0.15, -0.1) is 24.0 Å². The minimum absolute atomic E-state index is 0. The van der Waals surface area contributed by atoms with Crippen molar-refractivity contribution in [1.82, 2.24) is 15.4 Å². The highest BCUT2D eigenvalue weighted by molar-refractivity contribution is 14.0. The molecule has 1 atom stereocenters. The Kier molecular flexibility index (Phi) is 11.9. The molecular weight excluding hydrogens is 527 g/mol. The molecule has 31 heavy (non-hydrogen) atoms. The third kappa shape index (κ3) is 10.3. The lowest BCUT2D eigenvalue weighted by molar-refractivity contribution is 0.223. The van der Waals surface area contributed by atoms with E-state index in [2.05, 4.69) is 20.3 Å². The predicted octanol–water partition coefficient (Wildman–Crippen LogP) is 3.18. The van der Waals surface area contributed by atoms with Crippen LogP contribution in [0.2, 0.25) is 0 Å². The standard InChI is InChI=1S/C22H32N4O3S.HI/c1-5-24-22(25-14-18(3)29-21-11-6-8-17(2)12-21)26-15-19-9-7-10-20(13-19)16-30(27,28)23-4;/h6-13,18,23H,5,14-16H2,1-4H3,(H2,24,25,26);1H. The maximum Gasteiger partial charge on any atom is 0.215 e. The molecule has 3 N–H and O–H groups in total. The van der Waals surface area contributed by atoms with Gasteiger partial charge in [-0.25, -0.2) is 18.1 Å². The van der Waals surface area contributed by atoms with Gasteiger partial charge in [0.05, 0.1) is 18.8 Å². The topological polar surface area (TPSA) is 91.8 Å². The summed E-state index contributed by atoms with van der Waals surface area (Å²) >= 11 is 0. The fraction of sp³-hybridized carbons (Fsp3) is 0.409. The van der Waals surface area contributed by atoms with Crippen molar-refractivity contribution in [3.63, 3.8) is 0 Å². The summed E-state index contributed by atoms with van der Waals surface area (Å²) in [5.74, 6) is 1.48. The van der Waals surface area contributed by atoms with E-state index in [-0.39, 0.29) is 35.8 Å². The molecule has 172 valence electrons. The van der Waals surface area contributed by atoms with Gasteiger partial charge in [0.15, 0.2) is 5.96 Å². The molecule has 7 nitrogen and oxygen atoms in total. The van der Waals surface area contributed by atoms with Crippen LogP contribution in [0.4, 0.5) is 0 Å². The Labute approximate surface area is 203 Å². The van der Waals surface area contributed by atoms with Crippen molar-refractivity contribution in [3.05, 3.63) is 65.2 Å². The summed E-state index contributed by atoms with van der Waals surface area (Å²) in [6.45, 7) is 7.82. The van der Waals surface area contributed by atoms with Crippen LogP contribution in [-0.2, 0) is 22.3 Å². The molecule has 1 unspecified atom stereocenters. The van der Waals surface area contributed by atoms with Crippen molar-refractivity contribution in [1.29, 1.82) is 0 Å². The number of hydrogen-bond acceptors (Lipinski definition) is 4. The average molecular weight is 561 g/mol. The molecule has 0 heterocycles. The van der Waals surface area contributed by atoms with E-state index >= 15 is 0 Å². The van der Waals surface area contributed by atoms with Gasteiger partial charge in [0, 0.05) is 6.54 Å². The number of benzene rings is 2. The summed E-state index contributed by atoms with van der Waals surface area (Å²) in [5, 5.41) is 6.52. The van der Waals surface area contributed by atoms with Crippen LogP contribution < -0.4 is 20.1 Å². The van der Waals surface area contributed by atoms with E-state index in [0.717, 1.165) is 29.0 Å². The number of nitrogens with one attached hydrogen (secondary N) is 3. The van der Waals surface area contributed by atoms with Gasteiger partial charge < -0.3 is 15.4 Å². The zero-order valence-corrected chi connectivity index (χ0v) is 21.7. The van der Waals surface area contributed by atoms with Gasteiger partial charge in [-0.3, -0.25) is 0 Å². The number of guanidine groups is 1. The smallest absolute Gasteiger partial charge is 0.215 e. The first kappa shape index (κ1) is 27.2. The summed E-state index contributed by atoms with van der Waals surface area (Å²) in [4.78, 5) is 4.61. The molecule has 0 saturated heterocycles. The number of halogens is 1. The van der Waals surface area contributed by atoms with E-state index in [0.29, 0.717) is 19.0 Å². The van der Waals surface area contributed by atoms with Crippen LogP contribution in [0.25, 0.3) is 0 Å². The van der Waals surface area contributed by atoms with Crippen LogP contribution >= 0.6 is 24.0 Å². The summed E-state index contributed by atoms with van der Waals surface area (Å²) in [6, 6.07) is 15.4. The van der Waals surface area contributed by atoms with Gasteiger partial charge in [-0.2, -0.15) is 0 Å². The van der Waals surface area contributed by atoms with E-state index in [9.17, 15) is 8.42 Å². The first-order chi connectivity index (χ1) is 14.3. The van der Waals surface area contributed by atoms with Crippen molar-refractivity contribution < 1.29 is 13.2 Å². The molecule has 0 aliphatic rings. The fourth-order valence-corrected chi connectivity index (χ4v) is 3.59. The van der Waals surface area contributed by atoms with Crippen molar-refractivity contribution >= 4 is 40.0 Å². The largest absolute Gasteiger partial charge is 0.489 e. The van der Waals surface area contributed by atoms with E-state index in [1.165, 1.54) is 7.05 Å². The predicted molar refractivity (Wildman–Crippen MR) is 138 cm³/mol. The zero-order valence-electron chi connectivity index (χ0n) is 18.5. The number of ether oxygens (including phenoxy) is 1. The molecule has 0 aliphatic heterocycles. The van der Waals surface area contributed by atoms with Crippen LogP contribution in [0, 0.1) is 6.92 Å². The molecule has 0 aromatic heterocycles. The number of nitrogens with zero attached hydrogens (tertiary/aromatic N) is 1. The van der Waals surface area contributed by atoms with E-state index in [4.69, 9.17) is 4.74 Å². The lowest BCUT2D eigenvalue weighted by atomic mass is 10.1. The Balaban J connectivity index is 0.00000480. The number of aliphatic imine (C=N–C) groups is 1. The SMILES string of the molecule is CCNC(=NCc1cccc(CS(=O)(=O)NC)c1)NCC(C)Oc1cccc(C)c1.I. The Morgan fingerprint density at radius 2 is 1.81 bits per heavy atom. The van der Waals surface area contributed by atoms with E-state index in [1.807, 2.05) is 63.2 Å². The number of aryl methyl sites for hydroxylation is 1. The van der Waals surface area contributed by atoms with Crippen molar-refractivity contribution in [2.24, 2.45) is 4.99 Å². The van der Waals surface area contributed by atoms with Crippen molar-refractivity contribution in [2.75, 3.05) is 20.1 Å². The summed E-state index contributed by atoms with van der Waals surface area (Å²) in [6.07, 6.45) is -0.0364. The number of rotatable bonds is 10. The van der Waals surface area contributed by atoms with E-state index < -0.39 is 10.0 Å². The van der Waals surface area contributed by atoms with Crippen molar-refractivity contribution in [3.8, 4) is 5.75 Å². The normalized spacial score (nSPS) is 12.6. The molecule has 0 amide bonds. The lowest BCUT2D eigenvalue weighted by Gasteiger charge is -2.18. The Bertz CT molecular complexity index is 951. The monoisotopic (exact) mass is 560 g/mol. The maximum atomic E-state index is 11.8. The second-order valence-corrected chi connectivity index (χ2v) is 9.03. The van der Waals surface area contributed by atoms with Gasteiger partial charge in [0.2, 0.25) is 10.0 Å². The maximum absolute atomic E-state index is 11.8. The molecule has 2 rings (SSSR count). The van der Waals surface area contributed by atoms with Crippen molar-refractivity contribution in [2.45, 2.75) is 39.2 Å². The van der Waals surface area contributed by atoms with Gasteiger partial charge in [-0.05, 0) is 56.6 Å². The highest BCUT2D eigenvalue weighted by Crippen LogP contribution is 2.14. The molecule has 0 spiro atoms. The molecule has 0 radical (unpaired) electrons. The quantitative estimate of drug-likeness (QED) is 0.236. The minimum atomic E-state index is -3.30. The van der Waals surface area contributed by atoms with Gasteiger partial charge in [-0.1, -0.05) is 36.4 Å². The summed E-state index contributed by atoms with van der Waals surface area (Å²) in [5.41, 5.74) is 2.84. The summed E-state index contributed by atoms with van der Waals surface area (Å²) < 4.78 is 31.8. The number of sulfonamides is 1. The highest BCUT2D eigenvalue weighted by Gasteiger charge is 2.09.